The van der Waals surface area contributed by atoms with Crippen LogP contribution in [-0.2, 0) is 0 Å². The zero-order valence-electron chi connectivity index (χ0n) is 13.1. The van der Waals surface area contributed by atoms with Crippen LogP contribution in [0, 0.1) is 5.92 Å². The molecule has 5 heteroatoms. The first kappa shape index (κ1) is 15.7. The Hall–Kier alpha value is -1.65. The predicted octanol–water partition coefficient (Wildman–Crippen LogP) is 2.63. The lowest BCUT2D eigenvalue weighted by Gasteiger charge is -2.30. The summed E-state index contributed by atoms with van der Waals surface area (Å²) in [6, 6.07) is 0. The molecule has 21 heavy (non-hydrogen) atoms. The number of rotatable bonds is 6. The van der Waals surface area contributed by atoms with E-state index in [9.17, 15) is 4.79 Å². The Morgan fingerprint density at radius 1 is 1.29 bits per heavy atom. The molecule has 1 aliphatic heterocycles. The number of carbonyl (C=O) groups excluding carboxylic acids is 1. The van der Waals surface area contributed by atoms with Gasteiger partial charge < -0.3 is 10.2 Å². The highest BCUT2D eigenvalue weighted by Crippen LogP contribution is 2.19. The second-order valence-corrected chi connectivity index (χ2v) is 5.90. The van der Waals surface area contributed by atoms with E-state index in [2.05, 4.69) is 34.0 Å². The van der Waals surface area contributed by atoms with E-state index in [1.807, 2.05) is 0 Å². The number of nitrogens with one attached hydrogen (secondary N) is 1. The zero-order chi connectivity index (χ0) is 15.1. The summed E-state index contributed by atoms with van der Waals surface area (Å²) >= 11 is 0. The monoisotopic (exact) mass is 290 g/mol. The number of hydrogen-bond acceptors (Lipinski definition) is 4. The largest absolute Gasteiger partial charge is 0.352 e. The van der Waals surface area contributed by atoms with Gasteiger partial charge in [0, 0.05) is 32.0 Å². The SMILES string of the molecule is CCCCCNC(=O)c1cnc(N2CCC(C)CC2)nc1. The number of nitrogens with zero attached hydrogens (tertiary/aromatic N) is 3. The lowest BCUT2D eigenvalue weighted by Crippen LogP contribution is -2.34. The van der Waals surface area contributed by atoms with Crippen molar-refractivity contribution in [3.05, 3.63) is 18.0 Å². The molecule has 1 saturated heterocycles. The second-order valence-electron chi connectivity index (χ2n) is 5.90. The Bertz CT molecular complexity index is 438. The van der Waals surface area contributed by atoms with Crippen molar-refractivity contribution in [1.82, 2.24) is 15.3 Å². The Labute approximate surface area is 127 Å². The van der Waals surface area contributed by atoms with E-state index in [1.54, 1.807) is 12.4 Å². The molecule has 0 spiro atoms. The molecule has 2 rings (SSSR count). The number of carbonyl (C=O) groups is 1. The highest BCUT2D eigenvalue weighted by atomic mass is 16.1. The standard InChI is InChI=1S/C16H26N4O/c1-3-4-5-8-17-15(21)14-11-18-16(19-12-14)20-9-6-13(2)7-10-20/h11-13H,3-10H2,1-2H3,(H,17,21). The van der Waals surface area contributed by atoms with Gasteiger partial charge in [-0.1, -0.05) is 26.7 Å². The quantitative estimate of drug-likeness (QED) is 0.818. The molecule has 0 atom stereocenters. The molecule has 1 fully saturated rings. The van der Waals surface area contributed by atoms with Crippen molar-refractivity contribution in [2.24, 2.45) is 5.92 Å². The number of amides is 1. The van der Waals surface area contributed by atoms with Crippen LogP contribution in [0.5, 0.6) is 0 Å². The zero-order valence-corrected chi connectivity index (χ0v) is 13.1. The highest BCUT2D eigenvalue weighted by Gasteiger charge is 2.18. The fourth-order valence-electron chi connectivity index (χ4n) is 2.49. The summed E-state index contributed by atoms with van der Waals surface area (Å²) in [6.45, 7) is 7.16. The first-order chi connectivity index (χ1) is 10.2. The molecule has 1 aliphatic rings. The van der Waals surface area contributed by atoms with E-state index in [0.29, 0.717) is 5.56 Å². The lowest BCUT2D eigenvalue weighted by molar-refractivity contribution is 0.0952. The van der Waals surface area contributed by atoms with Crippen molar-refractivity contribution in [2.45, 2.75) is 46.0 Å². The van der Waals surface area contributed by atoms with Crippen molar-refractivity contribution in [3.63, 3.8) is 0 Å². The number of piperidine rings is 1. The lowest BCUT2D eigenvalue weighted by atomic mass is 10.00. The van der Waals surface area contributed by atoms with Gasteiger partial charge in [-0.25, -0.2) is 9.97 Å². The molecule has 5 nitrogen and oxygen atoms in total. The van der Waals surface area contributed by atoms with Gasteiger partial charge in [0.1, 0.15) is 0 Å². The van der Waals surface area contributed by atoms with Crippen LogP contribution in [0.3, 0.4) is 0 Å². The topological polar surface area (TPSA) is 58.1 Å². The van der Waals surface area contributed by atoms with Crippen molar-refractivity contribution in [2.75, 3.05) is 24.5 Å². The average Bonchev–Trinajstić information content (AvgIpc) is 2.52. The summed E-state index contributed by atoms with van der Waals surface area (Å²) in [7, 11) is 0. The fourth-order valence-corrected chi connectivity index (χ4v) is 2.49. The van der Waals surface area contributed by atoms with Crippen LogP contribution >= 0.6 is 0 Å². The fraction of sp³-hybridized carbons (Fsp3) is 0.688. The Morgan fingerprint density at radius 3 is 2.57 bits per heavy atom. The van der Waals surface area contributed by atoms with Crippen molar-refractivity contribution >= 4 is 11.9 Å². The highest BCUT2D eigenvalue weighted by molar-refractivity contribution is 5.93. The third-order valence-electron chi connectivity index (χ3n) is 4.03. The summed E-state index contributed by atoms with van der Waals surface area (Å²) in [5.74, 6) is 1.45. The van der Waals surface area contributed by atoms with Crippen LogP contribution < -0.4 is 10.2 Å². The summed E-state index contributed by atoms with van der Waals surface area (Å²) < 4.78 is 0. The van der Waals surface area contributed by atoms with Crippen LogP contribution in [0.1, 0.15) is 56.3 Å². The molecule has 116 valence electrons. The molecule has 0 aliphatic carbocycles. The second kappa shape index (κ2) is 7.96. The maximum absolute atomic E-state index is 11.9. The van der Waals surface area contributed by atoms with Gasteiger partial charge in [-0.2, -0.15) is 0 Å². The van der Waals surface area contributed by atoms with Crippen LogP contribution in [0.25, 0.3) is 0 Å². The molecular formula is C16H26N4O. The molecule has 1 aromatic heterocycles. The van der Waals surface area contributed by atoms with Gasteiger partial charge in [0.2, 0.25) is 5.95 Å². The maximum atomic E-state index is 11.9. The van der Waals surface area contributed by atoms with Crippen molar-refractivity contribution in [3.8, 4) is 0 Å². The van der Waals surface area contributed by atoms with Crippen molar-refractivity contribution < 1.29 is 4.79 Å². The van der Waals surface area contributed by atoms with Gasteiger partial charge in [-0.3, -0.25) is 4.79 Å². The minimum Gasteiger partial charge on any atom is -0.352 e. The molecule has 1 amide bonds. The molecule has 1 aromatic rings. The van der Waals surface area contributed by atoms with Crippen LogP contribution in [0.15, 0.2) is 12.4 Å². The van der Waals surface area contributed by atoms with E-state index in [-0.39, 0.29) is 5.91 Å². The number of hydrogen-bond donors (Lipinski definition) is 1. The smallest absolute Gasteiger partial charge is 0.254 e. The molecule has 2 heterocycles. The van der Waals surface area contributed by atoms with E-state index in [0.717, 1.165) is 50.8 Å². The third-order valence-corrected chi connectivity index (χ3v) is 4.03. The van der Waals surface area contributed by atoms with Crippen LogP contribution in [-0.4, -0.2) is 35.5 Å². The van der Waals surface area contributed by atoms with Gasteiger partial charge in [-0.15, -0.1) is 0 Å². The minimum absolute atomic E-state index is 0.0788. The van der Waals surface area contributed by atoms with Crippen LogP contribution in [0.2, 0.25) is 0 Å². The summed E-state index contributed by atoms with van der Waals surface area (Å²) in [4.78, 5) is 22.8. The molecule has 0 unspecified atom stereocenters. The van der Waals surface area contributed by atoms with Crippen molar-refractivity contribution in [1.29, 1.82) is 0 Å². The molecule has 0 bridgehead atoms. The molecule has 1 N–H and O–H groups in total. The van der Waals surface area contributed by atoms with Gasteiger partial charge in [0.15, 0.2) is 0 Å². The number of aromatic nitrogens is 2. The average molecular weight is 290 g/mol. The van der Waals surface area contributed by atoms with Gasteiger partial charge in [-0.05, 0) is 25.2 Å². The van der Waals surface area contributed by atoms with E-state index < -0.39 is 0 Å². The van der Waals surface area contributed by atoms with Gasteiger partial charge in [0.05, 0.1) is 5.56 Å². The number of unbranched alkanes of at least 4 members (excludes halogenated alkanes) is 2. The normalized spacial score (nSPS) is 16.0. The number of anilines is 1. The summed E-state index contributed by atoms with van der Waals surface area (Å²) in [5.41, 5.74) is 0.542. The predicted molar refractivity (Wildman–Crippen MR) is 84.5 cm³/mol. The van der Waals surface area contributed by atoms with E-state index in [4.69, 9.17) is 0 Å². The summed E-state index contributed by atoms with van der Waals surface area (Å²) in [5, 5.41) is 2.91. The van der Waals surface area contributed by atoms with E-state index in [1.165, 1.54) is 12.8 Å². The van der Waals surface area contributed by atoms with Gasteiger partial charge in [0.25, 0.3) is 5.91 Å². The minimum atomic E-state index is -0.0788. The Kier molecular flexibility index (Phi) is 5.96. The molecule has 0 radical (unpaired) electrons. The first-order valence-corrected chi connectivity index (χ1v) is 8.06. The summed E-state index contributed by atoms with van der Waals surface area (Å²) in [6.07, 6.45) is 8.95. The molecule has 0 aromatic carbocycles. The Balaban J connectivity index is 1.85. The first-order valence-electron chi connectivity index (χ1n) is 8.06. The maximum Gasteiger partial charge on any atom is 0.254 e. The molecule has 0 saturated carbocycles. The molecular weight excluding hydrogens is 264 g/mol. The van der Waals surface area contributed by atoms with E-state index >= 15 is 0 Å². The van der Waals surface area contributed by atoms with Gasteiger partial charge >= 0.3 is 0 Å². The third kappa shape index (κ3) is 4.69. The van der Waals surface area contributed by atoms with Crippen LogP contribution in [0.4, 0.5) is 5.95 Å². The Morgan fingerprint density at radius 2 is 1.95 bits per heavy atom.